The Bertz CT molecular complexity index is 913. The Hall–Kier alpha value is -2.94. The van der Waals surface area contributed by atoms with Gasteiger partial charge in [0.2, 0.25) is 5.91 Å². The van der Waals surface area contributed by atoms with Gasteiger partial charge in [0.15, 0.2) is 6.04 Å². The van der Waals surface area contributed by atoms with Crippen molar-refractivity contribution in [3.8, 4) is 0 Å². The molecule has 2 aliphatic heterocycles. The summed E-state index contributed by atoms with van der Waals surface area (Å²) in [6, 6.07) is 7.34. The lowest BCUT2D eigenvalue weighted by molar-refractivity contribution is -0.188. The highest BCUT2D eigenvalue weighted by atomic mass is 16.6. The number of nitrogens with one attached hydrogen (secondary N) is 1. The zero-order valence-electron chi connectivity index (χ0n) is 21.1. The SMILES string of the molecule is CCOC(=O)[C@H](CCc1ccccc1)N[C@H]1CCC(=O)N2CCC[C@@H](C(=O)OC(C)(C)C)N2C1=O. The van der Waals surface area contributed by atoms with Gasteiger partial charge in [-0.05, 0) is 65.4 Å². The molecule has 2 fully saturated rings. The smallest absolute Gasteiger partial charge is 0.331 e. The molecule has 9 heteroatoms. The minimum atomic E-state index is -0.882. The largest absolute Gasteiger partial charge is 0.465 e. The van der Waals surface area contributed by atoms with Crippen LogP contribution in [0.5, 0.6) is 0 Å². The Labute approximate surface area is 207 Å². The second-order valence-electron chi connectivity index (χ2n) is 9.98. The number of rotatable bonds is 8. The summed E-state index contributed by atoms with van der Waals surface area (Å²) in [5.41, 5.74) is 0.348. The van der Waals surface area contributed by atoms with Crippen LogP contribution in [-0.2, 0) is 35.1 Å². The highest BCUT2D eigenvalue weighted by Crippen LogP contribution is 2.27. The fraction of sp³-hybridized carbons (Fsp3) is 0.615. The van der Waals surface area contributed by atoms with E-state index in [0.29, 0.717) is 32.2 Å². The number of carbonyl (C=O) groups is 4. The summed E-state index contributed by atoms with van der Waals surface area (Å²) in [5.74, 6) is -1.59. The predicted molar refractivity (Wildman–Crippen MR) is 129 cm³/mol. The molecule has 0 radical (unpaired) electrons. The number of hydrogen-bond acceptors (Lipinski definition) is 7. The normalized spacial score (nSPS) is 21.7. The molecule has 1 aromatic rings. The maximum absolute atomic E-state index is 13.7. The molecule has 0 aliphatic carbocycles. The van der Waals surface area contributed by atoms with Crippen molar-refractivity contribution >= 4 is 23.8 Å². The van der Waals surface area contributed by atoms with Gasteiger partial charge in [0, 0.05) is 13.0 Å². The first-order chi connectivity index (χ1) is 16.6. The van der Waals surface area contributed by atoms with Gasteiger partial charge in [0.25, 0.3) is 5.91 Å². The zero-order valence-corrected chi connectivity index (χ0v) is 21.1. The molecule has 35 heavy (non-hydrogen) atoms. The van der Waals surface area contributed by atoms with E-state index < -0.39 is 41.6 Å². The molecule has 1 aromatic carbocycles. The van der Waals surface area contributed by atoms with Crippen molar-refractivity contribution in [2.75, 3.05) is 13.2 Å². The van der Waals surface area contributed by atoms with Crippen molar-refractivity contribution in [2.45, 2.75) is 89.9 Å². The molecule has 0 saturated carbocycles. The molecule has 2 amide bonds. The summed E-state index contributed by atoms with van der Waals surface area (Å²) in [5, 5.41) is 5.81. The molecule has 3 atom stereocenters. The molecule has 9 nitrogen and oxygen atoms in total. The first-order valence-corrected chi connectivity index (χ1v) is 12.4. The van der Waals surface area contributed by atoms with Crippen LogP contribution in [0.2, 0.25) is 0 Å². The molecule has 0 aromatic heterocycles. The fourth-order valence-electron chi connectivity index (χ4n) is 4.48. The topological polar surface area (TPSA) is 105 Å². The van der Waals surface area contributed by atoms with E-state index in [0.717, 1.165) is 5.56 Å². The molecule has 2 aliphatic rings. The summed E-state index contributed by atoms with van der Waals surface area (Å²) < 4.78 is 10.8. The Morgan fingerprint density at radius 3 is 2.51 bits per heavy atom. The number of amides is 2. The number of hydrogen-bond donors (Lipinski definition) is 1. The van der Waals surface area contributed by atoms with Crippen LogP contribution < -0.4 is 5.32 Å². The van der Waals surface area contributed by atoms with Gasteiger partial charge in [-0.1, -0.05) is 30.3 Å². The molecule has 192 valence electrons. The lowest BCUT2D eigenvalue weighted by Gasteiger charge is -2.43. The molecule has 0 bridgehead atoms. The lowest BCUT2D eigenvalue weighted by atomic mass is 10.0. The van der Waals surface area contributed by atoms with E-state index in [4.69, 9.17) is 9.47 Å². The number of esters is 2. The minimum Gasteiger partial charge on any atom is -0.465 e. The maximum atomic E-state index is 13.7. The number of benzene rings is 1. The van der Waals surface area contributed by atoms with Crippen LogP contribution in [0.15, 0.2) is 30.3 Å². The van der Waals surface area contributed by atoms with Crippen molar-refractivity contribution in [1.82, 2.24) is 15.3 Å². The van der Waals surface area contributed by atoms with Crippen LogP contribution in [0.1, 0.15) is 65.4 Å². The average molecular weight is 488 g/mol. The number of hydrazine groups is 1. The van der Waals surface area contributed by atoms with E-state index in [2.05, 4.69) is 5.32 Å². The number of fused-ring (bicyclic) bond motifs is 1. The zero-order chi connectivity index (χ0) is 25.6. The van der Waals surface area contributed by atoms with Crippen LogP contribution in [0.3, 0.4) is 0 Å². The van der Waals surface area contributed by atoms with Crippen LogP contribution in [-0.4, -0.2) is 70.6 Å². The van der Waals surface area contributed by atoms with Crippen molar-refractivity contribution < 1.29 is 28.7 Å². The third kappa shape index (κ3) is 7.04. The summed E-state index contributed by atoms with van der Waals surface area (Å²) in [6.07, 6.45) is 2.42. The van der Waals surface area contributed by atoms with Gasteiger partial charge in [0.05, 0.1) is 12.6 Å². The van der Waals surface area contributed by atoms with Crippen molar-refractivity contribution in [1.29, 1.82) is 0 Å². The quantitative estimate of drug-likeness (QED) is 0.561. The molecular weight excluding hydrogens is 450 g/mol. The van der Waals surface area contributed by atoms with Crippen LogP contribution in [0.25, 0.3) is 0 Å². The number of ether oxygens (including phenoxy) is 2. The van der Waals surface area contributed by atoms with E-state index in [1.807, 2.05) is 30.3 Å². The summed E-state index contributed by atoms with van der Waals surface area (Å²) in [4.78, 5) is 52.3. The van der Waals surface area contributed by atoms with Gasteiger partial charge in [-0.3, -0.25) is 24.7 Å². The fourth-order valence-corrected chi connectivity index (χ4v) is 4.48. The van der Waals surface area contributed by atoms with Gasteiger partial charge in [-0.2, -0.15) is 0 Å². The van der Waals surface area contributed by atoms with Gasteiger partial charge in [0.1, 0.15) is 11.6 Å². The Morgan fingerprint density at radius 2 is 1.86 bits per heavy atom. The molecule has 2 heterocycles. The average Bonchev–Trinajstić information content (AvgIpc) is 2.93. The minimum absolute atomic E-state index is 0.134. The standard InChI is InChI=1S/C26H37N3O6/c1-5-34-24(32)20(14-13-18-10-7-6-8-11-18)27-19-15-16-22(30)28-17-9-12-21(29(28)23(19)31)25(33)35-26(2,3)4/h6-8,10-11,19-21,27H,5,9,12-17H2,1-4H3/t19-,20-,21-/m0/s1. The molecule has 1 N–H and O–H groups in total. The molecule has 0 unspecified atom stereocenters. The number of nitrogens with zero attached hydrogens (tertiary/aromatic N) is 2. The number of carbonyl (C=O) groups excluding carboxylic acids is 4. The molecule has 3 rings (SSSR count). The van der Waals surface area contributed by atoms with Crippen LogP contribution in [0.4, 0.5) is 0 Å². The maximum Gasteiger partial charge on any atom is 0.331 e. The molecule has 2 saturated heterocycles. The Balaban J connectivity index is 1.81. The van der Waals surface area contributed by atoms with Gasteiger partial charge in [-0.25, -0.2) is 9.80 Å². The highest BCUT2D eigenvalue weighted by molar-refractivity contribution is 5.92. The number of aryl methyl sites for hydroxylation is 1. The van der Waals surface area contributed by atoms with E-state index >= 15 is 0 Å². The first-order valence-electron chi connectivity index (χ1n) is 12.4. The van der Waals surface area contributed by atoms with E-state index in [1.54, 1.807) is 27.7 Å². The summed E-state index contributed by atoms with van der Waals surface area (Å²) in [6.45, 7) is 7.62. The Morgan fingerprint density at radius 1 is 1.14 bits per heavy atom. The highest BCUT2D eigenvalue weighted by Gasteiger charge is 2.46. The summed E-state index contributed by atoms with van der Waals surface area (Å²) in [7, 11) is 0. The van der Waals surface area contributed by atoms with E-state index in [9.17, 15) is 19.2 Å². The molecular formula is C26H37N3O6. The van der Waals surface area contributed by atoms with Crippen molar-refractivity contribution in [2.24, 2.45) is 0 Å². The van der Waals surface area contributed by atoms with Crippen molar-refractivity contribution in [3.05, 3.63) is 35.9 Å². The lowest BCUT2D eigenvalue weighted by Crippen LogP contribution is -2.63. The van der Waals surface area contributed by atoms with Gasteiger partial charge >= 0.3 is 11.9 Å². The predicted octanol–water partition coefficient (Wildman–Crippen LogP) is 2.38. The first kappa shape index (κ1) is 26.7. The second kappa shape index (κ2) is 11.7. The third-order valence-corrected chi connectivity index (χ3v) is 6.08. The van der Waals surface area contributed by atoms with Crippen LogP contribution >= 0.6 is 0 Å². The van der Waals surface area contributed by atoms with E-state index in [1.165, 1.54) is 10.0 Å². The third-order valence-electron chi connectivity index (χ3n) is 6.08. The van der Waals surface area contributed by atoms with Crippen molar-refractivity contribution in [3.63, 3.8) is 0 Å². The van der Waals surface area contributed by atoms with Gasteiger partial charge < -0.3 is 9.47 Å². The summed E-state index contributed by atoms with van der Waals surface area (Å²) >= 11 is 0. The second-order valence-corrected chi connectivity index (χ2v) is 9.98. The Kier molecular flexibility index (Phi) is 8.88. The molecule has 0 spiro atoms. The van der Waals surface area contributed by atoms with Crippen LogP contribution in [0, 0.1) is 0 Å². The van der Waals surface area contributed by atoms with Gasteiger partial charge in [-0.15, -0.1) is 0 Å². The van der Waals surface area contributed by atoms with E-state index in [-0.39, 0.29) is 25.4 Å². The monoisotopic (exact) mass is 487 g/mol.